The fourth-order valence-electron chi connectivity index (χ4n) is 3.41. The van der Waals surface area contributed by atoms with E-state index in [1.807, 2.05) is 42.5 Å². The summed E-state index contributed by atoms with van der Waals surface area (Å²) in [6.45, 7) is 0. The molecule has 0 saturated carbocycles. The summed E-state index contributed by atoms with van der Waals surface area (Å²) >= 11 is 0. The van der Waals surface area contributed by atoms with Crippen LogP contribution in [0.5, 0.6) is 5.75 Å². The second-order valence-electron chi connectivity index (χ2n) is 5.35. The number of carbonyl (C=O) groups excluding carboxylic acids is 2. The molecule has 104 valence electrons. The maximum Gasteiger partial charge on any atom is 0.235 e. The first-order valence-corrected chi connectivity index (χ1v) is 6.82. The molecule has 0 radical (unpaired) electrons. The van der Waals surface area contributed by atoms with E-state index in [9.17, 15) is 9.59 Å². The van der Waals surface area contributed by atoms with E-state index in [1.165, 1.54) is 0 Å². The van der Waals surface area contributed by atoms with Gasteiger partial charge in [-0.3, -0.25) is 14.9 Å². The van der Waals surface area contributed by atoms with Gasteiger partial charge in [0.05, 0.1) is 18.9 Å². The molecule has 2 atom stereocenters. The summed E-state index contributed by atoms with van der Waals surface area (Å²) in [7, 11) is 1.59. The van der Waals surface area contributed by atoms with Gasteiger partial charge in [0, 0.05) is 0 Å². The van der Waals surface area contributed by atoms with Crippen molar-refractivity contribution >= 4 is 11.8 Å². The minimum atomic E-state index is -0.461. The summed E-state index contributed by atoms with van der Waals surface area (Å²) in [5.74, 6) is -0.648. The van der Waals surface area contributed by atoms with E-state index >= 15 is 0 Å². The largest absolute Gasteiger partial charge is 0.497 e. The first-order chi connectivity index (χ1) is 10.2. The van der Waals surface area contributed by atoms with Gasteiger partial charge in [-0.05, 0) is 34.4 Å². The molecule has 1 fully saturated rings. The number of imide groups is 1. The highest BCUT2D eigenvalue weighted by Crippen LogP contribution is 2.49. The van der Waals surface area contributed by atoms with Crippen LogP contribution in [-0.4, -0.2) is 18.9 Å². The van der Waals surface area contributed by atoms with Crippen LogP contribution >= 0.6 is 0 Å². The molecule has 2 aromatic rings. The second-order valence-corrected chi connectivity index (χ2v) is 5.35. The maximum absolute atomic E-state index is 12.2. The lowest BCUT2D eigenvalue weighted by Gasteiger charge is -2.28. The molecule has 1 aliphatic carbocycles. The molecule has 2 aliphatic rings. The smallest absolute Gasteiger partial charge is 0.235 e. The highest BCUT2D eigenvalue weighted by molar-refractivity contribution is 6.12. The highest BCUT2D eigenvalue weighted by Gasteiger charge is 2.47. The average Bonchev–Trinajstić information content (AvgIpc) is 2.82. The number of nitrogens with one attached hydrogen (secondary N) is 1. The zero-order valence-electron chi connectivity index (χ0n) is 11.4. The van der Waals surface area contributed by atoms with Crippen molar-refractivity contribution in [1.29, 1.82) is 0 Å². The molecule has 4 heteroatoms. The fraction of sp³-hybridized carbons (Fsp3) is 0.176. The van der Waals surface area contributed by atoms with Gasteiger partial charge in [0.25, 0.3) is 0 Å². The van der Waals surface area contributed by atoms with E-state index in [0.29, 0.717) is 5.75 Å². The number of ether oxygens (including phenoxy) is 1. The summed E-state index contributed by atoms with van der Waals surface area (Å²) < 4.78 is 5.26. The van der Waals surface area contributed by atoms with Crippen molar-refractivity contribution in [2.24, 2.45) is 0 Å². The van der Waals surface area contributed by atoms with Crippen molar-refractivity contribution in [1.82, 2.24) is 5.32 Å². The number of carbonyl (C=O) groups is 2. The van der Waals surface area contributed by atoms with Crippen LogP contribution in [0.3, 0.4) is 0 Å². The van der Waals surface area contributed by atoms with Crippen molar-refractivity contribution in [2.75, 3.05) is 7.11 Å². The van der Waals surface area contributed by atoms with Crippen LogP contribution in [0.25, 0.3) is 11.1 Å². The molecular formula is C17H13NO3. The number of methoxy groups -OCH3 is 1. The first-order valence-electron chi connectivity index (χ1n) is 6.82. The van der Waals surface area contributed by atoms with Crippen molar-refractivity contribution in [3.05, 3.63) is 53.6 Å². The van der Waals surface area contributed by atoms with Gasteiger partial charge in [-0.15, -0.1) is 0 Å². The molecule has 4 nitrogen and oxygen atoms in total. The summed E-state index contributed by atoms with van der Waals surface area (Å²) in [6.07, 6.45) is 0. The van der Waals surface area contributed by atoms with Crippen molar-refractivity contribution in [3.8, 4) is 16.9 Å². The van der Waals surface area contributed by atoms with Gasteiger partial charge in [0.15, 0.2) is 0 Å². The van der Waals surface area contributed by atoms with E-state index in [4.69, 9.17) is 4.74 Å². The molecule has 0 aromatic heterocycles. The first kappa shape index (κ1) is 12.1. The van der Waals surface area contributed by atoms with Crippen LogP contribution < -0.4 is 10.1 Å². The zero-order valence-corrected chi connectivity index (χ0v) is 11.4. The van der Waals surface area contributed by atoms with Crippen LogP contribution in [0, 0.1) is 0 Å². The number of hydrogen-bond acceptors (Lipinski definition) is 3. The quantitative estimate of drug-likeness (QED) is 0.814. The summed E-state index contributed by atoms with van der Waals surface area (Å²) in [5, 5.41) is 2.46. The molecule has 2 aromatic carbocycles. The Morgan fingerprint density at radius 3 is 2.33 bits per heavy atom. The Balaban J connectivity index is 2.04. The van der Waals surface area contributed by atoms with Gasteiger partial charge in [0.2, 0.25) is 11.8 Å². The second kappa shape index (κ2) is 4.19. The summed E-state index contributed by atoms with van der Waals surface area (Å²) in [5.41, 5.74) is 3.80. The van der Waals surface area contributed by atoms with E-state index in [0.717, 1.165) is 22.3 Å². The third-order valence-electron chi connectivity index (χ3n) is 4.32. The minimum Gasteiger partial charge on any atom is -0.497 e. The predicted octanol–water partition coefficient (Wildman–Crippen LogP) is 2.20. The van der Waals surface area contributed by atoms with Crippen LogP contribution in [-0.2, 0) is 9.59 Å². The standard InChI is InChI=1S/C17H13NO3/c1-21-9-6-7-11-10-4-2-3-5-12(10)14-15(13(11)8-9)17(20)18-16(14)19/h2-8,14-15H,1H3,(H,18,19,20). The van der Waals surface area contributed by atoms with Gasteiger partial charge in [-0.1, -0.05) is 30.3 Å². The Morgan fingerprint density at radius 1 is 0.905 bits per heavy atom. The molecule has 1 saturated heterocycles. The molecule has 21 heavy (non-hydrogen) atoms. The Bertz CT molecular complexity index is 781. The van der Waals surface area contributed by atoms with E-state index < -0.39 is 11.8 Å². The Kier molecular flexibility index (Phi) is 2.42. The molecule has 0 bridgehead atoms. The van der Waals surface area contributed by atoms with Crippen molar-refractivity contribution in [2.45, 2.75) is 11.8 Å². The van der Waals surface area contributed by atoms with Gasteiger partial charge in [0.1, 0.15) is 5.75 Å². The molecule has 1 heterocycles. The van der Waals surface area contributed by atoms with Gasteiger partial charge >= 0.3 is 0 Å². The summed E-state index contributed by atoms with van der Waals surface area (Å²) in [4.78, 5) is 24.4. The van der Waals surface area contributed by atoms with E-state index in [2.05, 4.69) is 5.32 Å². The summed E-state index contributed by atoms with van der Waals surface area (Å²) in [6, 6.07) is 13.5. The predicted molar refractivity (Wildman–Crippen MR) is 77.1 cm³/mol. The monoisotopic (exact) mass is 279 g/mol. The highest BCUT2D eigenvalue weighted by atomic mass is 16.5. The topological polar surface area (TPSA) is 55.4 Å². The lowest BCUT2D eigenvalue weighted by Crippen LogP contribution is -2.21. The molecule has 2 amide bonds. The van der Waals surface area contributed by atoms with Crippen LogP contribution in [0.15, 0.2) is 42.5 Å². The van der Waals surface area contributed by atoms with Crippen molar-refractivity contribution in [3.63, 3.8) is 0 Å². The number of hydrogen-bond donors (Lipinski definition) is 1. The number of amides is 2. The molecular weight excluding hydrogens is 266 g/mol. The van der Waals surface area contributed by atoms with Gasteiger partial charge < -0.3 is 4.74 Å². The zero-order chi connectivity index (χ0) is 14.6. The lowest BCUT2D eigenvalue weighted by molar-refractivity contribution is -0.125. The third kappa shape index (κ3) is 1.56. The van der Waals surface area contributed by atoms with E-state index in [-0.39, 0.29) is 11.8 Å². The van der Waals surface area contributed by atoms with Gasteiger partial charge in [-0.2, -0.15) is 0 Å². The normalized spacial score (nSPS) is 22.1. The molecule has 1 aliphatic heterocycles. The Labute approximate surface area is 121 Å². The lowest BCUT2D eigenvalue weighted by atomic mass is 9.72. The Morgan fingerprint density at radius 2 is 1.57 bits per heavy atom. The number of rotatable bonds is 1. The van der Waals surface area contributed by atoms with Crippen LogP contribution in [0.2, 0.25) is 0 Å². The third-order valence-corrected chi connectivity index (χ3v) is 4.32. The fourth-order valence-corrected chi connectivity index (χ4v) is 3.41. The van der Waals surface area contributed by atoms with Crippen LogP contribution in [0.1, 0.15) is 23.0 Å². The number of benzene rings is 2. The Hall–Kier alpha value is -2.62. The molecule has 1 N–H and O–H groups in total. The molecule has 0 spiro atoms. The molecule has 4 rings (SSSR count). The maximum atomic E-state index is 12.2. The van der Waals surface area contributed by atoms with Crippen molar-refractivity contribution < 1.29 is 14.3 Å². The van der Waals surface area contributed by atoms with Crippen LogP contribution in [0.4, 0.5) is 0 Å². The average molecular weight is 279 g/mol. The number of fused-ring (bicyclic) bond motifs is 6. The van der Waals surface area contributed by atoms with Gasteiger partial charge in [-0.25, -0.2) is 0 Å². The SMILES string of the molecule is COc1ccc2c(c1)C1C(=O)NC(=O)C1c1ccccc1-2. The van der Waals surface area contributed by atoms with E-state index in [1.54, 1.807) is 7.11 Å². The molecule has 2 unspecified atom stereocenters. The minimum absolute atomic E-state index is 0.217.